The summed E-state index contributed by atoms with van der Waals surface area (Å²) in [6, 6.07) is 6.59. The summed E-state index contributed by atoms with van der Waals surface area (Å²) < 4.78 is 4.98. The number of rotatable bonds is 4. The molecule has 0 saturated heterocycles. The first kappa shape index (κ1) is 11.4. The lowest BCUT2D eigenvalue weighted by atomic mass is 10.1. The SMILES string of the molecule is NC(=O)Cc1ccc(OC(N)(N)N)cc1. The van der Waals surface area contributed by atoms with Gasteiger partial charge < -0.3 is 10.5 Å². The van der Waals surface area contributed by atoms with Crippen molar-refractivity contribution in [2.45, 2.75) is 12.4 Å². The lowest BCUT2D eigenvalue weighted by molar-refractivity contribution is -0.117. The molecule has 82 valence electrons. The molecule has 0 unspecified atom stereocenters. The summed E-state index contributed by atoms with van der Waals surface area (Å²) in [6.07, 6.45) is 0.180. The highest BCUT2D eigenvalue weighted by molar-refractivity contribution is 5.76. The van der Waals surface area contributed by atoms with Crippen molar-refractivity contribution >= 4 is 5.91 Å². The minimum absolute atomic E-state index is 0.180. The molecule has 6 heteroatoms. The predicted octanol–water partition coefficient (Wildman–Crippen LogP) is -1.42. The maximum Gasteiger partial charge on any atom is 0.271 e. The number of primary amides is 1. The first-order chi connectivity index (χ1) is 6.87. The van der Waals surface area contributed by atoms with E-state index in [1.807, 2.05) is 0 Å². The minimum Gasteiger partial charge on any atom is -0.447 e. The Morgan fingerprint density at radius 3 is 2.13 bits per heavy atom. The van der Waals surface area contributed by atoms with E-state index in [1.165, 1.54) is 0 Å². The van der Waals surface area contributed by atoms with Crippen LogP contribution in [0.3, 0.4) is 0 Å². The number of carbonyl (C=O) groups is 1. The fraction of sp³-hybridized carbons (Fsp3) is 0.222. The molecule has 6 nitrogen and oxygen atoms in total. The molecule has 0 spiro atoms. The Kier molecular flexibility index (Phi) is 3.25. The standard InChI is InChI=1S/C9H14N4O2/c10-8(14)5-6-1-3-7(4-2-6)15-9(11,12)13/h1-4H,5,11-13H2,(H2,10,14). The van der Waals surface area contributed by atoms with Gasteiger partial charge in [0.25, 0.3) is 5.97 Å². The predicted molar refractivity (Wildman–Crippen MR) is 55.3 cm³/mol. The second kappa shape index (κ2) is 4.26. The average molecular weight is 210 g/mol. The highest BCUT2D eigenvalue weighted by atomic mass is 16.5. The molecule has 0 fully saturated rings. The molecule has 1 rings (SSSR count). The first-order valence-corrected chi connectivity index (χ1v) is 4.30. The van der Waals surface area contributed by atoms with Crippen molar-refractivity contribution in [1.29, 1.82) is 0 Å². The Bertz CT molecular complexity index is 342. The Morgan fingerprint density at radius 2 is 1.73 bits per heavy atom. The van der Waals surface area contributed by atoms with Gasteiger partial charge in [-0.2, -0.15) is 0 Å². The number of hydrogen-bond acceptors (Lipinski definition) is 5. The van der Waals surface area contributed by atoms with Crippen LogP contribution in [0.15, 0.2) is 24.3 Å². The molecule has 0 aliphatic carbocycles. The first-order valence-electron chi connectivity index (χ1n) is 4.30. The molecular weight excluding hydrogens is 196 g/mol. The zero-order valence-electron chi connectivity index (χ0n) is 8.14. The van der Waals surface area contributed by atoms with E-state index >= 15 is 0 Å². The third kappa shape index (κ3) is 4.41. The molecule has 0 radical (unpaired) electrons. The van der Waals surface area contributed by atoms with Crippen molar-refractivity contribution in [3.8, 4) is 5.75 Å². The highest BCUT2D eigenvalue weighted by Gasteiger charge is 2.12. The summed E-state index contributed by atoms with van der Waals surface area (Å²) in [6.45, 7) is 0. The largest absolute Gasteiger partial charge is 0.447 e. The zero-order chi connectivity index (χ0) is 11.5. The van der Waals surface area contributed by atoms with E-state index in [2.05, 4.69) is 0 Å². The molecule has 0 saturated carbocycles. The van der Waals surface area contributed by atoms with Crippen LogP contribution in [0.2, 0.25) is 0 Å². The van der Waals surface area contributed by atoms with Crippen molar-refractivity contribution in [2.75, 3.05) is 0 Å². The molecule has 1 aromatic rings. The quantitative estimate of drug-likeness (QED) is 0.453. The van der Waals surface area contributed by atoms with Gasteiger partial charge in [0.1, 0.15) is 5.75 Å². The molecule has 0 heterocycles. The van der Waals surface area contributed by atoms with Gasteiger partial charge in [-0.1, -0.05) is 12.1 Å². The van der Waals surface area contributed by atoms with Crippen molar-refractivity contribution in [2.24, 2.45) is 22.9 Å². The average Bonchev–Trinajstić information content (AvgIpc) is 2.05. The molecule has 0 aromatic heterocycles. The number of benzene rings is 1. The highest BCUT2D eigenvalue weighted by Crippen LogP contribution is 2.13. The van der Waals surface area contributed by atoms with E-state index in [0.29, 0.717) is 5.75 Å². The molecule has 15 heavy (non-hydrogen) atoms. The summed E-state index contributed by atoms with van der Waals surface area (Å²) >= 11 is 0. The van der Waals surface area contributed by atoms with Gasteiger partial charge in [0.15, 0.2) is 0 Å². The molecule has 0 aliphatic rings. The second-order valence-electron chi connectivity index (χ2n) is 3.24. The summed E-state index contributed by atoms with van der Waals surface area (Å²) in [5.74, 6) is -1.67. The van der Waals surface area contributed by atoms with Crippen molar-refractivity contribution in [3.05, 3.63) is 29.8 Å². The monoisotopic (exact) mass is 210 g/mol. The van der Waals surface area contributed by atoms with E-state index in [4.69, 9.17) is 27.7 Å². The van der Waals surface area contributed by atoms with E-state index in [9.17, 15) is 4.79 Å². The van der Waals surface area contributed by atoms with Gasteiger partial charge in [-0.3, -0.25) is 22.0 Å². The summed E-state index contributed by atoms with van der Waals surface area (Å²) in [5.41, 5.74) is 21.6. The fourth-order valence-electron chi connectivity index (χ4n) is 1.08. The van der Waals surface area contributed by atoms with Crippen LogP contribution in [0.5, 0.6) is 5.75 Å². The third-order valence-corrected chi connectivity index (χ3v) is 1.60. The lowest BCUT2D eigenvalue weighted by Crippen LogP contribution is -2.62. The van der Waals surface area contributed by atoms with Gasteiger partial charge in [0.2, 0.25) is 5.91 Å². The van der Waals surface area contributed by atoms with Crippen molar-refractivity contribution in [3.63, 3.8) is 0 Å². The maximum atomic E-state index is 10.6. The van der Waals surface area contributed by atoms with E-state index < -0.39 is 11.9 Å². The Labute approximate surface area is 87.2 Å². The van der Waals surface area contributed by atoms with E-state index in [0.717, 1.165) is 5.56 Å². The minimum atomic E-state index is -1.70. The van der Waals surface area contributed by atoms with Gasteiger partial charge in [-0.05, 0) is 17.7 Å². The van der Waals surface area contributed by atoms with Gasteiger partial charge in [0.05, 0.1) is 6.42 Å². The smallest absolute Gasteiger partial charge is 0.271 e. The molecule has 0 atom stereocenters. The van der Waals surface area contributed by atoms with Gasteiger partial charge in [-0.15, -0.1) is 0 Å². The van der Waals surface area contributed by atoms with Crippen LogP contribution in [0.4, 0.5) is 0 Å². The Morgan fingerprint density at radius 1 is 1.20 bits per heavy atom. The van der Waals surface area contributed by atoms with Crippen LogP contribution in [0.1, 0.15) is 5.56 Å². The molecule has 8 N–H and O–H groups in total. The van der Waals surface area contributed by atoms with Crippen LogP contribution in [0.25, 0.3) is 0 Å². The Hall–Kier alpha value is -1.63. The maximum absolute atomic E-state index is 10.6. The number of nitrogens with two attached hydrogens (primary N) is 4. The van der Waals surface area contributed by atoms with Crippen molar-refractivity contribution in [1.82, 2.24) is 0 Å². The number of carbonyl (C=O) groups excluding carboxylic acids is 1. The molecular formula is C9H14N4O2. The molecule has 1 aromatic carbocycles. The van der Waals surface area contributed by atoms with Crippen LogP contribution in [-0.4, -0.2) is 11.9 Å². The van der Waals surface area contributed by atoms with Gasteiger partial charge in [-0.25, -0.2) is 0 Å². The third-order valence-electron chi connectivity index (χ3n) is 1.60. The number of hydrogen-bond donors (Lipinski definition) is 4. The van der Waals surface area contributed by atoms with E-state index in [-0.39, 0.29) is 6.42 Å². The molecule has 0 aliphatic heterocycles. The summed E-state index contributed by atoms with van der Waals surface area (Å²) in [7, 11) is 0. The Balaban J connectivity index is 2.68. The molecule has 1 amide bonds. The summed E-state index contributed by atoms with van der Waals surface area (Å²) in [5, 5.41) is 0. The van der Waals surface area contributed by atoms with Crippen LogP contribution in [0, 0.1) is 0 Å². The van der Waals surface area contributed by atoms with E-state index in [1.54, 1.807) is 24.3 Å². The number of amides is 1. The normalized spacial score (nSPS) is 11.1. The topological polar surface area (TPSA) is 130 Å². The van der Waals surface area contributed by atoms with Crippen LogP contribution >= 0.6 is 0 Å². The summed E-state index contributed by atoms with van der Waals surface area (Å²) in [4.78, 5) is 10.6. The second-order valence-corrected chi connectivity index (χ2v) is 3.24. The number of ether oxygens (including phenoxy) is 1. The zero-order valence-corrected chi connectivity index (χ0v) is 8.14. The van der Waals surface area contributed by atoms with Crippen LogP contribution < -0.4 is 27.7 Å². The van der Waals surface area contributed by atoms with Crippen LogP contribution in [-0.2, 0) is 11.2 Å². The van der Waals surface area contributed by atoms with Crippen molar-refractivity contribution < 1.29 is 9.53 Å². The van der Waals surface area contributed by atoms with Gasteiger partial charge in [0, 0.05) is 0 Å². The molecule has 0 bridgehead atoms. The fourth-order valence-corrected chi connectivity index (χ4v) is 1.08. The lowest BCUT2D eigenvalue weighted by Gasteiger charge is -2.20. The van der Waals surface area contributed by atoms with Gasteiger partial charge >= 0.3 is 0 Å².